The lowest BCUT2D eigenvalue weighted by Gasteiger charge is -2.25. The predicted molar refractivity (Wildman–Crippen MR) is 118 cm³/mol. The van der Waals surface area contributed by atoms with Crippen molar-refractivity contribution in [3.63, 3.8) is 0 Å². The van der Waals surface area contributed by atoms with Gasteiger partial charge < -0.3 is 5.32 Å². The summed E-state index contributed by atoms with van der Waals surface area (Å²) in [7, 11) is 0. The van der Waals surface area contributed by atoms with Crippen LogP contribution in [0, 0.1) is 0 Å². The largest absolute Gasteiger partial charge is 0.349 e. The molecule has 5 nitrogen and oxygen atoms in total. The normalized spacial score (nSPS) is 11.7. The second-order valence-corrected chi connectivity index (χ2v) is 7.23. The molecule has 0 aliphatic carbocycles. The minimum Gasteiger partial charge on any atom is -0.349 e. The molecule has 0 radical (unpaired) electrons. The van der Waals surface area contributed by atoms with Crippen molar-refractivity contribution in [1.29, 1.82) is 0 Å². The van der Waals surface area contributed by atoms with Crippen LogP contribution >= 0.6 is 0 Å². The van der Waals surface area contributed by atoms with Crippen molar-refractivity contribution in [3.8, 4) is 0 Å². The van der Waals surface area contributed by atoms with Gasteiger partial charge in [0, 0.05) is 20.0 Å². The molecule has 0 saturated heterocycles. The summed E-state index contributed by atoms with van der Waals surface area (Å²) in [5.41, 5.74) is 6.15. The molecule has 0 bridgehead atoms. The molecule has 3 aromatic carbocycles. The van der Waals surface area contributed by atoms with Crippen molar-refractivity contribution in [2.75, 3.05) is 0 Å². The first-order valence-corrected chi connectivity index (χ1v) is 10.0. The topological polar surface area (TPSA) is 61.4 Å². The number of hydrogen-bond donors (Lipinski definition) is 2. The molecule has 5 heteroatoms. The Bertz CT molecular complexity index is 889. The molecular formula is C25H27N3O2. The molecule has 0 heterocycles. The van der Waals surface area contributed by atoms with Gasteiger partial charge in [0.25, 0.3) is 0 Å². The van der Waals surface area contributed by atoms with Crippen LogP contribution in [-0.2, 0) is 22.7 Å². The Balaban J connectivity index is 1.71. The van der Waals surface area contributed by atoms with Crippen LogP contribution in [-0.4, -0.2) is 16.8 Å². The van der Waals surface area contributed by atoms with Crippen molar-refractivity contribution < 1.29 is 9.59 Å². The number of benzene rings is 3. The summed E-state index contributed by atoms with van der Waals surface area (Å²) in [5.74, 6) is -0.313. The Kier molecular flexibility index (Phi) is 7.75. The average Bonchev–Trinajstić information content (AvgIpc) is 2.75. The molecular weight excluding hydrogens is 374 g/mol. The van der Waals surface area contributed by atoms with Gasteiger partial charge in [0.15, 0.2) is 0 Å². The molecule has 2 N–H and O–H groups in total. The van der Waals surface area contributed by atoms with Gasteiger partial charge in [-0.05, 0) is 16.7 Å². The van der Waals surface area contributed by atoms with E-state index < -0.39 is 0 Å². The lowest BCUT2D eigenvalue weighted by Crippen LogP contribution is -2.43. The summed E-state index contributed by atoms with van der Waals surface area (Å²) in [6.45, 7) is 2.63. The van der Waals surface area contributed by atoms with E-state index in [0.29, 0.717) is 13.1 Å². The molecule has 0 fully saturated rings. The Morgan fingerprint density at radius 3 is 1.70 bits per heavy atom. The SMILES string of the molecule is CC(=O)N[C@@H](CC(=O)NN(Cc1ccccc1)Cc1ccccc1)c1ccccc1. The van der Waals surface area contributed by atoms with E-state index in [1.807, 2.05) is 96.0 Å². The minimum atomic E-state index is -0.376. The summed E-state index contributed by atoms with van der Waals surface area (Å²) in [4.78, 5) is 24.6. The predicted octanol–water partition coefficient (Wildman–Crippen LogP) is 3.99. The maximum absolute atomic E-state index is 12.9. The average molecular weight is 402 g/mol. The van der Waals surface area contributed by atoms with Gasteiger partial charge in [0.1, 0.15) is 0 Å². The number of nitrogens with zero attached hydrogens (tertiary/aromatic N) is 1. The van der Waals surface area contributed by atoms with Crippen LogP contribution in [0.1, 0.15) is 36.1 Å². The van der Waals surface area contributed by atoms with Crippen LogP contribution in [0.25, 0.3) is 0 Å². The van der Waals surface area contributed by atoms with Crippen molar-refractivity contribution in [1.82, 2.24) is 15.8 Å². The molecule has 0 spiro atoms. The number of amides is 2. The molecule has 0 aliphatic rings. The number of rotatable bonds is 9. The Morgan fingerprint density at radius 2 is 1.23 bits per heavy atom. The van der Waals surface area contributed by atoms with Gasteiger partial charge in [0.05, 0.1) is 12.5 Å². The van der Waals surface area contributed by atoms with Gasteiger partial charge >= 0.3 is 0 Å². The van der Waals surface area contributed by atoms with E-state index in [-0.39, 0.29) is 24.3 Å². The fourth-order valence-corrected chi connectivity index (χ4v) is 3.33. The van der Waals surface area contributed by atoms with Gasteiger partial charge in [-0.3, -0.25) is 15.0 Å². The number of hydrazine groups is 1. The second kappa shape index (κ2) is 10.9. The minimum absolute atomic E-state index is 0.149. The molecule has 2 amide bonds. The molecule has 30 heavy (non-hydrogen) atoms. The van der Waals surface area contributed by atoms with Gasteiger partial charge in [-0.25, -0.2) is 5.01 Å². The maximum Gasteiger partial charge on any atom is 0.236 e. The van der Waals surface area contributed by atoms with E-state index in [1.54, 1.807) is 0 Å². The third-order valence-corrected chi connectivity index (χ3v) is 4.68. The van der Waals surface area contributed by atoms with Gasteiger partial charge in [-0.15, -0.1) is 0 Å². The first kappa shape index (κ1) is 21.3. The lowest BCUT2D eigenvalue weighted by molar-refractivity contribution is -0.127. The number of carbonyl (C=O) groups excluding carboxylic acids is 2. The van der Waals surface area contributed by atoms with E-state index in [0.717, 1.165) is 16.7 Å². The number of carbonyl (C=O) groups is 2. The summed E-state index contributed by atoms with van der Waals surface area (Å²) in [6.07, 6.45) is 0.156. The zero-order chi connectivity index (χ0) is 21.2. The Morgan fingerprint density at radius 1 is 0.767 bits per heavy atom. The van der Waals surface area contributed by atoms with Gasteiger partial charge in [0.2, 0.25) is 11.8 Å². The Labute approximate surface area is 177 Å². The second-order valence-electron chi connectivity index (χ2n) is 7.23. The molecule has 0 aliphatic heterocycles. The maximum atomic E-state index is 12.9. The van der Waals surface area contributed by atoms with E-state index in [9.17, 15) is 9.59 Å². The molecule has 0 unspecified atom stereocenters. The van der Waals surface area contributed by atoms with Crippen LogP contribution in [0.3, 0.4) is 0 Å². The lowest BCUT2D eigenvalue weighted by atomic mass is 10.0. The van der Waals surface area contributed by atoms with Crippen LogP contribution in [0.5, 0.6) is 0 Å². The zero-order valence-corrected chi connectivity index (χ0v) is 17.1. The van der Waals surface area contributed by atoms with Crippen molar-refractivity contribution in [3.05, 3.63) is 108 Å². The van der Waals surface area contributed by atoms with E-state index in [2.05, 4.69) is 10.7 Å². The molecule has 3 aromatic rings. The first-order valence-electron chi connectivity index (χ1n) is 10.0. The standard InChI is InChI=1S/C25H27N3O2/c1-20(29)26-24(23-15-9-4-10-16-23)17-25(30)27-28(18-21-11-5-2-6-12-21)19-22-13-7-3-8-14-22/h2-16,24H,17-19H2,1H3,(H,26,29)(H,27,30)/t24-/m0/s1. The third-order valence-electron chi connectivity index (χ3n) is 4.68. The van der Waals surface area contributed by atoms with Gasteiger partial charge in [-0.2, -0.15) is 0 Å². The number of nitrogens with one attached hydrogen (secondary N) is 2. The summed E-state index contributed by atoms with van der Waals surface area (Å²) in [5, 5.41) is 4.79. The van der Waals surface area contributed by atoms with E-state index in [4.69, 9.17) is 0 Å². The molecule has 0 saturated carbocycles. The molecule has 154 valence electrons. The highest BCUT2D eigenvalue weighted by Gasteiger charge is 2.19. The first-order chi connectivity index (χ1) is 14.6. The highest BCUT2D eigenvalue weighted by molar-refractivity contribution is 5.78. The monoisotopic (exact) mass is 401 g/mol. The van der Waals surface area contributed by atoms with Crippen LogP contribution in [0.4, 0.5) is 0 Å². The zero-order valence-electron chi connectivity index (χ0n) is 17.1. The van der Waals surface area contributed by atoms with Crippen molar-refractivity contribution in [2.24, 2.45) is 0 Å². The third kappa shape index (κ3) is 6.87. The van der Waals surface area contributed by atoms with Crippen molar-refractivity contribution >= 4 is 11.8 Å². The molecule has 1 atom stereocenters. The Hall–Kier alpha value is -3.44. The molecule has 0 aromatic heterocycles. The quantitative estimate of drug-likeness (QED) is 0.533. The van der Waals surface area contributed by atoms with E-state index >= 15 is 0 Å². The summed E-state index contributed by atoms with van der Waals surface area (Å²) < 4.78 is 0. The summed E-state index contributed by atoms with van der Waals surface area (Å²) >= 11 is 0. The van der Waals surface area contributed by atoms with Crippen LogP contribution in [0.2, 0.25) is 0 Å². The highest BCUT2D eigenvalue weighted by atomic mass is 16.2. The van der Waals surface area contributed by atoms with Crippen LogP contribution in [0.15, 0.2) is 91.0 Å². The van der Waals surface area contributed by atoms with E-state index in [1.165, 1.54) is 6.92 Å². The fourth-order valence-electron chi connectivity index (χ4n) is 3.33. The fraction of sp³-hybridized carbons (Fsp3) is 0.200. The molecule has 3 rings (SSSR count). The number of hydrogen-bond acceptors (Lipinski definition) is 3. The van der Waals surface area contributed by atoms with Crippen LogP contribution < -0.4 is 10.7 Å². The van der Waals surface area contributed by atoms with Gasteiger partial charge in [-0.1, -0.05) is 91.0 Å². The van der Waals surface area contributed by atoms with Crippen molar-refractivity contribution in [2.45, 2.75) is 32.5 Å². The summed E-state index contributed by atoms with van der Waals surface area (Å²) in [6, 6.07) is 29.2. The smallest absolute Gasteiger partial charge is 0.236 e. The highest BCUT2D eigenvalue weighted by Crippen LogP contribution is 2.17.